The van der Waals surface area contributed by atoms with E-state index in [1.807, 2.05) is 7.05 Å². The summed E-state index contributed by atoms with van der Waals surface area (Å²) >= 11 is 0. The van der Waals surface area contributed by atoms with Gasteiger partial charge in [0, 0.05) is 51.4 Å². The fraction of sp³-hybridized carbons (Fsp3) is 0.765. The van der Waals surface area contributed by atoms with E-state index in [9.17, 15) is 0 Å². The summed E-state index contributed by atoms with van der Waals surface area (Å²) in [6, 6.07) is 1.39. The van der Waals surface area contributed by atoms with Gasteiger partial charge in [0.15, 0.2) is 5.96 Å². The van der Waals surface area contributed by atoms with Crippen LogP contribution in [0.25, 0.3) is 0 Å². The first-order valence-electron chi connectivity index (χ1n) is 9.08. The van der Waals surface area contributed by atoms with Crippen LogP contribution in [0.2, 0.25) is 0 Å². The van der Waals surface area contributed by atoms with Gasteiger partial charge in [-0.2, -0.15) is 0 Å². The Hall–Kier alpha value is -1.56. The molecule has 2 N–H and O–H groups in total. The summed E-state index contributed by atoms with van der Waals surface area (Å²) in [7, 11) is 1.85. The average molecular weight is 316 g/mol. The van der Waals surface area contributed by atoms with Crippen LogP contribution in [0.3, 0.4) is 0 Å². The number of nitrogens with zero attached hydrogens (tertiary/aromatic N) is 4. The van der Waals surface area contributed by atoms with E-state index in [2.05, 4.69) is 31.3 Å². The van der Waals surface area contributed by atoms with Crippen molar-refractivity contribution in [2.75, 3.05) is 20.1 Å². The van der Waals surface area contributed by atoms with Gasteiger partial charge in [0.05, 0.1) is 12.2 Å². The second kappa shape index (κ2) is 6.51. The van der Waals surface area contributed by atoms with Gasteiger partial charge in [-0.15, -0.1) is 0 Å². The molecule has 0 aromatic carbocycles. The number of rotatable bonds is 4. The Balaban J connectivity index is 1.28. The second-order valence-electron chi connectivity index (χ2n) is 7.08. The minimum absolute atomic E-state index is 0.525. The van der Waals surface area contributed by atoms with Crippen molar-refractivity contribution in [1.82, 2.24) is 25.1 Å². The van der Waals surface area contributed by atoms with Crippen LogP contribution in [0.5, 0.6) is 0 Å². The zero-order chi connectivity index (χ0) is 15.6. The summed E-state index contributed by atoms with van der Waals surface area (Å²) in [6.07, 6.45) is 9.86. The Bertz CT molecular complexity index is 550. The maximum Gasteiger partial charge on any atom is 0.191 e. The fourth-order valence-corrected chi connectivity index (χ4v) is 3.80. The van der Waals surface area contributed by atoms with E-state index in [0.29, 0.717) is 6.04 Å². The van der Waals surface area contributed by atoms with Crippen LogP contribution >= 0.6 is 0 Å². The highest BCUT2D eigenvalue weighted by atomic mass is 15.3. The van der Waals surface area contributed by atoms with Gasteiger partial charge in [-0.1, -0.05) is 0 Å². The Labute approximate surface area is 138 Å². The highest BCUT2D eigenvalue weighted by Gasteiger charge is 2.34. The molecular weight excluding hydrogens is 288 g/mol. The number of imidazole rings is 1. The van der Waals surface area contributed by atoms with E-state index in [1.165, 1.54) is 44.5 Å². The third-order valence-corrected chi connectivity index (χ3v) is 5.24. The predicted molar refractivity (Wildman–Crippen MR) is 91.5 cm³/mol. The highest BCUT2D eigenvalue weighted by Crippen LogP contribution is 2.29. The quantitative estimate of drug-likeness (QED) is 0.646. The predicted octanol–water partition coefficient (Wildman–Crippen LogP) is 1.12. The molecule has 126 valence electrons. The lowest BCUT2D eigenvalue weighted by molar-refractivity contribution is 0.321. The smallest absolute Gasteiger partial charge is 0.191 e. The first-order chi connectivity index (χ1) is 11.3. The summed E-state index contributed by atoms with van der Waals surface area (Å²) in [6.45, 7) is 4.25. The van der Waals surface area contributed by atoms with Gasteiger partial charge in [0.25, 0.3) is 0 Å². The lowest BCUT2D eigenvalue weighted by Crippen LogP contribution is -2.44. The van der Waals surface area contributed by atoms with Gasteiger partial charge in [-0.3, -0.25) is 9.89 Å². The van der Waals surface area contributed by atoms with Gasteiger partial charge in [0.2, 0.25) is 0 Å². The van der Waals surface area contributed by atoms with Crippen LogP contribution in [-0.2, 0) is 19.5 Å². The van der Waals surface area contributed by atoms with Gasteiger partial charge in [-0.25, -0.2) is 4.98 Å². The van der Waals surface area contributed by atoms with Crippen LogP contribution in [0, 0.1) is 0 Å². The molecule has 6 heteroatoms. The molecule has 1 saturated heterocycles. The molecule has 23 heavy (non-hydrogen) atoms. The summed E-state index contributed by atoms with van der Waals surface area (Å²) in [4.78, 5) is 11.7. The molecule has 6 nitrogen and oxygen atoms in total. The second-order valence-corrected chi connectivity index (χ2v) is 7.08. The highest BCUT2D eigenvalue weighted by molar-refractivity contribution is 5.79. The summed E-state index contributed by atoms with van der Waals surface area (Å²) in [5.41, 5.74) is 1.12. The zero-order valence-corrected chi connectivity index (χ0v) is 14.1. The molecule has 1 aromatic rings. The fourth-order valence-electron chi connectivity index (χ4n) is 3.80. The van der Waals surface area contributed by atoms with Crippen LogP contribution in [0.15, 0.2) is 11.2 Å². The van der Waals surface area contributed by atoms with E-state index in [4.69, 9.17) is 4.98 Å². The number of hydrogen-bond acceptors (Lipinski definition) is 3. The Kier molecular flexibility index (Phi) is 4.25. The number of nitrogens with one attached hydrogen (secondary N) is 2. The zero-order valence-electron chi connectivity index (χ0n) is 14.1. The molecule has 1 unspecified atom stereocenters. The van der Waals surface area contributed by atoms with Gasteiger partial charge in [0.1, 0.15) is 5.82 Å². The standard InChI is InChI=1S/C17H28N6/c1-18-17(21-13-7-9-22(11-13)15-5-6-15)19-10-14-12-23-8-3-2-4-16(23)20-14/h12-13,15H,2-11H2,1H3,(H2,18,19,21). The number of likely N-dealkylation sites (tertiary alicyclic amines) is 1. The molecule has 3 heterocycles. The minimum atomic E-state index is 0.525. The number of aliphatic imine (C=N–C) groups is 1. The number of guanidine groups is 1. The van der Waals surface area contributed by atoms with Gasteiger partial charge >= 0.3 is 0 Å². The Morgan fingerprint density at radius 2 is 2.22 bits per heavy atom. The minimum Gasteiger partial charge on any atom is -0.352 e. The van der Waals surface area contributed by atoms with Crippen molar-refractivity contribution in [3.8, 4) is 0 Å². The molecule has 1 aromatic heterocycles. The monoisotopic (exact) mass is 316 g/mol. The average Bonchev–Trinajstić information content (AvgIpc) is 3.18. The van der Waals surface area contributed by atoms with Crippen molar-refractivity contribution < 1.29 is 0 Å². The molecular formula is C17H28N6. The number of aryl methyl sites for hydroxylation is 2. The van der Waals surface area contributed by atoms with E-state index in [-0.39, 0.29) is 0 Å². The molecule has 2 aliphatic heterocycles. The maximum atomic E-state index is 4.74. The van der Waals surface area contributed by atoms with Crippen LogP contribution in [0.4, 0.5) is 0 Å². The van der Waals surface area contributed by atoms with E-state index < -0.39 is 0 Å². The third-order valence-electron chi connectivity index (χ3n) is 5.24. The maximum absolute atomic E-state index is 4.74. The number of hydrogen-bond donors (Lipinski definition) is 2. The molecule has 4 rings (SSSR count). The molecule has 0 spiro atoms. The topological polar surface area (TPSA) is 57.5 Å². The molecule has 1 aliphatic carbocycles. The van der Waals surface area contributed by atoms with Crippen molar-refractivity contribution in [2.24, 2.45) is 4.99 Å². The third kappa shape index (κ3) is 3.52. The first kappa shape index (κ1) is 15.0. The van der Waals surface area contributed by atoms with E-state index >= 15 is 0 Å². The largest absolute Gasteiger partial charge is 0.352 e. The lowest BCUT2D eigenvalue weighted by Gasteiger charge is -2.18. The summed E-state index contributed by atoms with van der Waals surface area (Å²) < 4.78 is 2.31. The number of aromatic nitrogens is 2. The van der Waals surface area contributed by atoms with Crippen LogP contribution in [0.1, 0.15) is 43.6 Å². The van der Waals surface area contributed by atoms with Crippen LogP contribution in [-0.4, -0.2) is 52.6 Å². The van der Waals surface area contributed by atoms with E-state index in [1.54, 1.807) is 0 Å². The van der Waals surface area contributed by atoms with Crippen molar-refractivity contribution in [3.05, 3.63) is 17.7 Å². The Morgan fingerprint density at radius 3 is 3.00 bits per heavy atom. The molecule has 1 saturated carbocycles. The SMILES string of the molecule is CN=C(NCc1cn2c(n1)CCCC2)NC1CCN(C2CC2)C1. The molecule has 0 radical (unpaired) electrons. The molecule has 1 atom stereocenters. The van der Waals surface area contributed by atoms with Crippen molar-refractivity contribution >= 4 is 5.96 Å². The normalized spacial score (nSPS) is 25.4. The molecule has 2 fully saturated rings. The first-order valence-corrected chi connectivity index (χ1v) is 9.08. The van der Waals surface area contributed by atoms with Gasteiger partial charge in [-0.05, 0) is 32.1 Å². The molecule has 0 amide bonds. The molecule has 3 aliphatic rings. The van der Waals surface area contributed by atoms with E-state index in [0.717, 1.165) is 43.8 Å². The van der Waals surface area contributed by atoms with Crippen molar-refractivity contribution in [1.29, 1.82) is 0 Å². The Morgan fingerprint density at radius 1 is 1.30 bits per heavy atom. The lowest BCUT2D eigenvalue weighted by atomic mass is 10.2. The number of fused-ring (bicyclic) bond motifs is 1. The van der Waals surface area contributed by atoms with Crippen molar-refractivity contribution in [3.63, 3.8) is 0 Å². The van der Waals surface area contributed by atoms with Crippen molar-refractivity contribution in [2.45, 2.75) is 63.7 Å². The van der Waals surface area contributed by atoms with Gasteiger partial charge < -0.3 is 15.2 Å². The summed E-state index contributed by atoms with van der Waals surface area (Å²) in [5.74, 6) is 2.14. The molecule has 0 bridgehead atoms. The van der Waals surface area contributed by atoms with Crippen LogP contribution < -0.4 is 10.6 Å². The summed E-state index contributed by atoms with van der Waals surface area (Å²) in [5, 5.41) is 7.00.